The highest BCUT2D eigenvalue weighted by Gasteiger charge is 2.12. The molecular weight excluding hydrogens is 354 g/mol. The van der Waals surface area contributed by atoms with Gasteiger partial charge >= 0.3 is 0 Å². The molecule has 132 valence electrons. The van der Waals surface area contributed by atoms with Gasteiger partial charge in [0.15, 0.2) is 5.69 Å². The molecule has 3 aromatic rings. The first kappa shape index (κ1) is 17.4. The molecule has 0 radical (unpaired) electrons. The van der Waals surface area contributed by atoms with E-state index in [0.29, 0.717) is 34.5 Å². The Balaban J connectivity index is 1.69. The molecule has 0 atom stereocenters. The summed E-state index contributed by atoms with van der Waals surface area (Å²) in [6, 6.07) is 8.49. The standard InChI is InChI=1S/C17H16ClN7O/c18-10-6-13(19)15(24-8-10)17(26)25-11-3-5-21-12(7-11)9-23-14-2-1-4-22-16(14)20/h1-8,23H,9,19H2,(H2,20,22)(H,21,25,26). The molecule has 0 fully saturated rings. The van der Waals surface area contributed by atoms with Gasteiger partial charge in [-0.15, -0.1) is 0 Å². The van der Waals surface area contributed by atoms with Crippen molar-refractivity contribution in [3.05, 3.63) is 65.3 Å². The van der Waals surface area contributed by atoms with Gasteiger partial charge in [-0.05, 0) is 30.3 Å². The third kappa shape index (κ3) is 4.17. The van der Waals surface area contributed by atoms with Crippen molar-refractivity contribution in [2.45, 2.75) is 6.54 Å². The summed E-state index contributed by atoms with van der Waals surface area (Å²) in [4.78, 5) is 24.6. The highest BCUT2D eigenvalue weighted by Crippen LogP contribution is 2.18. The van der Waals surface area contributed by atoms with Gasteiger partial charge < -0.3 is 22.1 Å². The van der Waals surface area contributed by atoms with E-state index in [9.17, 15) is 4.79 Å². The SMILES string of the molecule is Nc1cc(Cl)cnc1C(=O)Nc1ccnc(CNc2cccnc2N)c1. The summed E-state index contributed by atoms with van der Waals surface area (Å²) in [5.41, 5.74) is 13.9. The first-order valence-corrected chi connectivity index (χ1v) is 8.02. The monoisotopic (exact) mass is 369 g/mol. The first-order chi connectivity index (χ1) is 12.5. The third-order valence-electron chi connectivity index (χ3n) is 3.47. The van der Waals surface area contributed by atoms with E-state index in [4.69, 9.17) is 23.1 Å². The van der Waals surface area contributed by atoms with Crippen molar-refractivity contribution in [1.82, 2.24) is 15.0 Å². The van der Waals surface area contributed by atoms with Gasteiger partial charge in [-0.1, -0.05) is 11.6 Å². The molecule has 0 spiro atoms. The summed E-state index contributed by atoms with van der Waals surface area (Å²) in [5, 5.41) is 6.25. The molecule has 0 bridgehead atoms. The molecular formula is C17H16ClN7O. The van der Waals surface area contributed by atoms with Crippen LogP contribution in [0.4, 0.5) is 22.9 Å². The zero-order chi connectivity index (χ0) is 18.5. The van der Waals surface area contributed by atoms with E-state index >= 15 is 0 Å². The quantitative estimate of drug-likeness (QED) is 0.543. The zero-order valence-corrected chi connectivity index (χ0v) is 14.4. The van der Waals surface area contributed by atoms with Crippen LogP contribution in [0.25, 0.3) is 0 Å². The molecule has 1 amide bonds. The van der Waals surface area contributed by atoms with Crippen LogP contribution in [-0.2, 0) is 6.54 Å². The van der Waals surface area contributed by atoms with Crippen molar-refractivity contribution in [2.75, 3.05) is 22.1 Å². The molecule has 6 N–H and O–H groups in total. The third-order valence-corrected chi connectivity index (χ3v) is 3.68. The fraction of sp³-hybridized carbons (Fsp3) is 0.0588. The van der Waals surface area contributed by atoms with Crippen LogP contribution in [0.15, 0.2) is 48.9 Å². The molecule has 9 heteroatoms. The predicted octanol–water partition coefficient (Wildman–Crippen LogP) is 2.55. The Labute approximate surface area is 154 Å². The molecule has 8 nitrogen and oxygen atoms in total. The van der Waals surface area contributed by atoms with Gasteiger partial charge in [0.05, 0.1) is 28.6 Å². The van der Waals surface area contributed by atoms with Crippen LogP contribution in [0.5, 0.6) is 0 Å². The second-order valence-electron chi connectivity index (χ2n) is 5.37. The van der Waals surface area contributed by atoms with Crippen LogP contribution in [-0.4, -0.2) is 20.9 Å². The van der Waals surface area contributed by atoms with Crippen LogP contribution in [0.2, 0.25) is 5.02 Å². The number of halogens is 1. The van der Waals surface area contributed by atoms with Crippen molar-refractivity contribution in [3.63, 3.8) is 0 Å². The number of aromatic nitrogens is 3. The summed E-state index contributed by atoms with van der Waals surface area (Å²) in [7, 11) is 0. The van der Waals surface area contributed by atoms with Gasteiger partial charge in [-0.3, -0.25) is 9.78 Å². The Kier molecular flexibility index (Phi) is 5.14. The van der Waals surface area contributed by atoms with E-state index < -0.39 is 5.91 Å². The highest BCUT2D eigenvalue weighted by molar-refractivity contribution is 6.30. The van der Waals surface area contributed by atoms with Crippen LogP contribution in [0.1, 0.15) is 16.2 Å². The first-order valence-electron chi connectivity index (χ1n) is 7.64. The van der Waals surface area contributed by atoms with E-state index in [1.807, 2.05) is 6.07 Å². The second kappa shape index (κ2) is 7.66. The molecule has 0 saturated carbocycles. The van der Waals surface area contributed by atoms with Crippen molar-refractivity contribution in [1.29, 1.82) is 0 Å². The predicted molar refractivity (Wildman–Crippen MR) is 102 cm³/mol. The Morgan fingerprint density at radius 1 is 1.12 bits per heavy atom. The lowest BCUT2D eigenvalue weighted by molar-refractivity contribution is 0.102. The number of nitrogens with zero attached hydrogens (tertiary/aromatic N) is 3. The minimum Gasteiger partial charge on any atom is -0.397 e. The fourth-order valence-electron chi connectivity index (χ4n) is 2.24. The maximum absolute atomic E-state index is 12.3. The van der Waals surface area contributed by atoms with Crippen LogP contribution in [0, 0.1) is 0 Å². The maximum Gasteiger partial charge on any atom is 0.276 e. The summed E-state index contributed by atoms with van der Waals surface area (Å²) in [5.74, 6) is -0.0259. The summed E-state index contributed by atoms with van der Waals surface area (Å²) in [6.45, 7) is 0.418. The fourth-order valence-corrected chi connectivity index (χ4v) is 2.41. The molecule has 0 aliphatic carbocycles. The van der Waals surface area contributed by atoms with Crippen LogP contribution >= 0.6 is 11.6 Å². The van der Waals surface area contributed by atoms with Gasteiger partial charge in [0.2, 0.25) is 0 Å². The number of hydrogen-bond acceptors (Lipinski definition) is 7. The topological polar surface area (TPSA) is 132 Å². The molecule has 0 aromatic carbocycles. The largest absolute Gasteiger partial charge is 0.397 e. The van der Waals surface area contributed by atoms with E-state index in [2.05, 4.69) is 25.6 Å². The number of carbonyl (C=O) groups is 1. The Hall–Kier alpha value is -3.39. The lowest BCUT2D eigenvalue weighted by atomic mass is 10.2. The van der Waals surface area contributed by atoms with Crippen molar-refractivity contribution in [3.8, 4) is 0 Å². The van der Waals surface area contributed by atoms with Gasteiger partial charge in [-0.25, -0.2) is 9.97 Å². The van der Waals surface area contributed by atoms with Crippen LogP contribution in [0.3, 0.4) is 0 Å². The van der Waals surface area contributed by atoms with Gasteiger partial charge in [-0.2, -0.15) is 0 Å². The van der Waals surface area contributed by atoms with Gasteiger partial charge in [0, 0.05) is 24.3 Å². The Morgan fingerprint density at radius 2 is 1.96 bits per heavy atom. The zero-order valence-electron chi connectivity index (χ0n) is 13.6. The lowest BCUT2D eigenvalue weighted by Gasteiger charge is -2.10. The van der Waals surface area contributed by atoms with E-state index in [0.717, 1.165) is 0 Å². The van der Waals surface area contributed by atoms with Gasteiger partial charge in [0.1, 0.15) is 5.82 Å². The number of rotatable bonds is 5. The average molecular weight is 370 g/mol. The maximum atomic E-state index is 12.3. The summed E-state index contributed by atoms with van der Waals surface area (Å²) < 4.78 is 0. The number of nitrogens with one attached hydrogen (secondary N) is 2. The number of nitrogens with two attached hydrogens (primary N) is 2. The normalized spacial score (nSPS) is 10.3. The number of pyridine rings is 3. The van der Waals surface area contributed by atoms with Crippen molar-refractivity contribution < 1.29 is 4.79 Å². The molecule has 3 aromatic heterocycles. The second-order valence-corrected chi connectivity index (χ2v) is 5.81. The summed E-state index contributed by atoms with van der Waals surface area (Å²) >= 11 is 5.80. The van der Waals surface area contributed by atoms with Crippen molar-refractivity contribution in [2.24, 2.45) is 0 Å². The number of carbonyl (C=O) groups excluding carboxylic acids is 1. The Bertz CT molecular complexity index is 948. The van der Waals surface area contributed by atoms with Crippen LogP contribution < -0.4 is 22.1 Å². The number of amides is 1. The number of hydrogen-bond donors (Lipinski definition) is 4. The molecule has 3 rings (SSSR count). The molecule has 0 unspecified atom stereocenters. The van der Waals surface area contributed by atoms with Crippen molar-refractivity contribution >= 4 is 40.4 Å². The number of nitrogen functional groups attached to an aromatic ring is 2. The van der Waals surface area contributed by atoms with E-state index in [-0.39, 0.29) is 11.4 Å². The van der Waals surface area contributed by atoms with E-state index in [1.54, 1.807) is 30.6 Å². The molecule has 26 heavy (non-hydrogen) atoms. The Morgan fingerprint density at radius 3 is 2.73 bits per heavy atom. The minimum atomic E-state index is -0.430. The van der Waals surface area contributed by atoms with Gasteiger partial charge in [0.25, 0.3) is 5.91 Å². The molecule has 0 aliphatic heterocycles. The summed E-state index contributed by atoms with van der Waals surface area (Å²) in [6.07, 6.45) is 4.58. The lowest BCUT2D eigenvalue weighted by Crippen LogP contribution is -2.16. The smallest absolute Gasteiger partial charge is 0.276 e. The molecule has 0 saturated heterocycles. The van der Waals surface area contributed by atoms with E-state index in [1.165, 1.54) is 12.3 Å². The minimum absolute atomic E-state index is 0.106. The average Bonchev–Trinajstić information content (AvgIpc) is 2.61. The molecule has 3 heterocycles. The molecule has 0 aliphatic rings. The highest BCUT2D eigenvalue weighted by atomic mass is 35.5. The number of anilines is 4.